The first kappa shape index (κ1) is 12.9. The zero-order valence-corrected chi connectivity index (χ0v) is 12.0. The second-order valence-corrected chi connectivity index (χ2v) is 7.04. The summed E-state index contributed by atoms with van der Waals surface area (Å²) in [5, 5.41) is 3.53. The van der Waals surface area contributed by atoms with Gasteiger partial charge in [-0.25, -0.2) is 4.98 Å². The normalized spacial score (nSPS) is 23.0. The molecule has 1 saturated heterocycles. The van der Waals surface area contributed by atoms with Crippen molar-refractivity contribution >= 4 is 22.8 Å². The van der Waals surface area contributed by atoms with Crippen molar-refractivity contribution in [2.45, 2.75) is 31.1 Å². The Morgan fingerprint density at radius 3 is 2.95 bits per heavy atom. The number of para-hydroxylation sites is 2. The van der Waals surface area contributed by atoms with Crippen LogP contribution in [0.15, 0.2) is 30.5 Å². The fourth-order valence-corrected chi connectivity index (χ4v) is 3.79. The zero-order valence-electron chi connectivity index (χ0n) is 11.2. The number of nitrogens with one attached hydrogen (secondary N) is 1. The summed E-state index contributed by atoms with van der Waals surface area (Å²) in [6.45, 7) is 4.20. The van der Waals surface area contributed by atoms with E-state index in [9.17, 15) is 0 Å². The van der Waals surface area contributed by atoms with Crippen molar-refractivity contribution in [3.05, 3.63) is 36.2 Å². The van der Waals surface area contributed by atoms with Gasteiger partial charge in [0.05, 0.1) is 22.9 Å². The molecule has 1 aliphatic heterocycles. The lowest BCUT2D eigenvalue weighted by atomic mass is 10.1. The molecule has 3 rings (SSSR count). The van der Waals surface area contributed by atoms with Gasteiger partial charge in [-0.3, -0.25) is 4.98 Å². The van der Waals surface area contributed by atoms with Gasteiger partial charge < -0.3 is 5.32 Å². The Morgan fingerprint density at radius 2 is 2.16 bits per heavy atom. The van der Waals surface area contributed by atoms with E-state index in [-0.39, 0.29) is 0 Å². The summed E-state index contributed by atoms with van der Waals surface area (Å²) in [6.07, 6.45) is 4.53. The lowest BCUT2D eigenvalue weighted by Gasteiger charge is -2.22. The molecular formula is C15H19N3S. The van der Waals surface area contributed by atoms with E-state index in [1.54, 1.807) is 0 Å². The molecule has 1 aromatic heterocycles. The summed E-state index contributed by atoms with van der Waals surface area (Å²) in [6, 6.07) is 8.01. The Hall–Kier alpha value is -1.13. The van der Waals surface area contributed by atoms with E-state index in [0.29, 0.717) is 4.75 Å². The number of rotatable bonds is 4. The summed E-state index contributed by atoms with van der Waals surface area (Å²) in [7, 11) is 0. The molecule has 1 aromatic carbocycles. The topological polar surface area (TPSA) is 37.8 Å². The van der Waals surface area contributed by atoms with Gasteiger partial charge in [-0.05, 0) is 37.7 Å². The molecule has 3 nitrogen and oxygen atoms in total. The van der Waals surface area contributed by atoms with Crippen LogP contribution in [0.2, 0.25) is 0 Å². The van der Waals surface area contributed by atoms with Crippen LogP contribution in [0.1, 0.15) is 25.5 Å². The molecule has 1 unspecified atom stereocenters. The van der Waals surface area contributed by atoms with E-state index in [0.717, 1.165) is 29.8 Å². The van der Waals surface area contributed by atoms with Crippen molar-refractivity contribution in [3.63, 3.8) is 0 Å². The number of hydrogen-bond donors (Lipinski definition) is 1. The Labute approximate surface area is 118 Å². The van der Waals surface area contributed by atoms with E-state index < -0.39 is 0 Å². The van der Waals surface area contributed by atoms with Crippen LogP contribution in [0.5, 0.6) is 0 Å². The van der Waals surface area contributed by atoms with Crippen molar-refractivity contribution < 1.29 is 0 Å². The van der Waals surface area contributed by atoms with Gasteiger partial charge in [-0.2, -0.15) is 11.8 Å². The smallest absolute Gasteiger partial charge is 0.0890 e. The molecule has 19 heavy (non-hydrogen) atoms. The van der Waals surface area contributed by atoms with Crippen LogP contribution in [0.25, 0.3) is 11.0 Å². The Morgan fingerprint density at radius 1 is 1.32 bits per heavy atom. The first-order valence-corrected chi connectivity index (χ1v) is 7.79. The lowest BCUT2D eigenvalue weighted by Crippen LogP contribution is -2.32. The number of aromatic nitrogens is 2. The molecule has 0 bridgehead atoms. The third-order valence-corrected chi connectivity index (χ3v) is 5.14. The molecule has 1 aliphatic rings. The quantitative estimate of drug-likeness (QED) is 0.929. The first-order chi connectivity index (χ1) is 9.25. The molecule has 4 heteroatoms. The van der Waals surface area contributed by atoms with Crippen LogP contribution in [0.3, 0.4) is 0 Å². The molecule has 2 aromatic rings. The molecule has 0 saturated carbocycles. The molecule has 0 spiro atoms. The van der Waals surface area contributed by atoms with Crippen LogP contribution in [0.4, 0.5) is 0 Å². The van der Waals surface area contributed by atoms with Crippen molar-refractivity contribution in [2.75, 3.05) is 12.3 Å². The first-order valence-electron chi connectivity index (χ1n) is 6.81. The van der Waals surface area contributed by atoms with Crippen molar-refractivity contribution in [3.8, 4) is 0 Å². The standard InChI is InChI=1S/C15H19N3S/c1-15(7-4-8-19-15)11-16-9-12-10-17-13-5-2-3-6-14(13)18-12/h2-3,5-6,10,16H,4,7-9,11H2,1H3. The highest BCUT2D eigenvalue weighted by atomic mass is 32.2. The minimum Gasteiger partial charge on any atom is -0.310 e. The summed E-state index contributed by atoms with van der Waals surface area (Å²) in [5.41, 5.74) is 2.96. The third-order valence-electron chi connectivity index (χ3n) is 3.60. The monoisotopic (exact) mass is 273 g/mol. The van der Waals surface area contributed by atoms with Gasteiger partial charge in [0.1, 0.15) is 0 Å². The molecule has 0 radical (unpaired) electrons. The average Bonchev–Trinajstić information content (AvgIpc) is 2.86. The lowest BCUT2D eigenvalue weighted by molar-refractivity contribution is 0.534. The van der Waals surface area contributed by atoms with Crippen LogP contribution >= 0.6 is 11.8 Å². The van der Waals surface area contributed by atoms with Crippen LogP contribution in [-0.2, 0) is 6.54 Å². The molecular weight excluding hydrogens is 254 g/mol. The highest BCUT2D eigenvalue weighted by molar-refractivity contribution is 8.00. The summed E-state index contributed by atoms with van der Waals surface area (Å²) < 4.78 is 0.407. The molecule has 0 aliphatic carbocycles. The maximum atomic E-state index is 4.63. The van der Waals surface area contributed by atoms with Gasteiger partial charge in [0.15, 0.2) is 0 Å². The molecule has 100 valence electrons. The predicted molar refractivity (Wildman–Crippen MR) is 81.3 cm³/mol. The van der Waals surface area contributed by atoms with Crippen molar-refractivity contribution in [2.24, 2.45) is 0 Å². The van der Waals surface area contributed by atoms with Crippen LogP contribution < -0.4 is 5.32 Å². The zero-order chi connectivity index (χ0) is 13.1. The average molecular weight is 273 g/mol. The Balaban J connectivity index is 1.62. The summed E-state index contributed by atoms with van der Waals surface area (Å²) in [4.78, 5) is 9.07. The van der Waals surface area contributed by atoms with Gasteiger partial charge in [-0.15, -0.1) is 0 Å². The predicted octanol–water partition coefficient (Wildman–Crippen LogP) is 3.01. The van der Waals surface area contributed by atoms with Gasteiger partial charge >= 0.3 is 0 Å². The van der Waals surface area contributed by atoms with Gasteiger partial charge in [0, 0.05) is 17.8 Å². The van der Waals surface area contributed by atoms with Crippen LogP contribution in [0, 0.1) is 0 Å². The van der Waals surface area contributed by atoms with Gasteiger partial charge in [0.2, 0.25) is 0 Å². The summed E-state index contributed by atoms with van der Waals surface area (Å²) in [5.74, 6) is 1.30. The Kier molecular flexibility index (Phi) is 3.71. The molecule has 1 N–H and O–H groups in total. The van der Waals surface area contributed by atoms with E-state index in [4.69, 9.17) is 0 Å². The van der Waals surface area contributed by atoms with E-state index in [1.807, 2.05) is 30.5 Å². The van der Waals surface area contributed by atoms with E-state index in [1.165, 1.54) is 18.6 Å². The van der Waals surface area contributed by atoms with Crippen LogP contribution in [-0.4, -0.2) is 27.0 Å². The maximum absolute atomic E-state index is 4.63. The SMILES string of the molecule is CC1(CNCc2cnc3ccccc3n2)CCCS1. The largest absolute Gasteiger partial charge is 0.310 e. The number of thioether (sulfide) groups is 1. The Bertz CT molecular complexity index is 564. The third kappa shape index (κ3) is 3.07. The molecule has 1 atom stereocenters. The highest BCUT2D eigenvalue weighted by Gasteiger charge is 2.28. The maximum Gasteiger partial charge on any atom is 0.0890 e. The number of hydrogen-bond acceptors (Lipinski definition) is 4. The molecule has 2 heterocycles. The van der Waals surface area contributed by atoms with Crippen molar-refractivity contribution in [1.29, 1.82) is 0 Å². The van der Waals surface area contributed by atoms with Gasteiger partial charge in [0.25, 0.3) is 0 Å². The van der Waals surface area contributed by atoms with Gasteiger partial charge in [-0.1, -0.05) is 12.1 Å². The fraction of sp³-hybridized carbons (Fsp3) is 0.467. The molecule has 1 fully saturated rings. The number of nitrogens with zero attached hydrogens (tertiary/aromatic N) is 2. The molecule has 0 amide bonds. The second kappa shape index (κ2) is 5.47. The second-order valence-electron chi connectivity index (χ2n) is 5.36. The van der Waals surface area contributed by atoms with E-state index >= 15 is 0 Å². The number of fused-ring (bicyclic) bond motifs is 1. The summed E-state index contributed by atoms with van der Waals surface area (Å²) >= 11 is 2.08. The van der Waals surface area contributed by atoms with E-state index in [2.05, 4.69) is 34.0 Å². The minimum atomic E-state index is 0.407. The minimum absolute atomic E-state index is 0.407. The number of benzene rings is 1. The fourth-order valence-electron chi connectivity index (χ4n) is 2.51. The van der Waals surface area contributed by atoms with Crippen molar-refractivity contribution in [1.82, 2.24) is 15.3 Å². The highest BCUT2D eigenvalue weighted by Crippen LogP contribution is 2.36.